The number of ether oxygens (including phenoxy) is 1. The predicted molar refractivity (Wildman–Crippen MR) is 95.7 cm³/mol. The number of nitrogens with two attached hydrogens (primary N) is 1. The molecular weight excluding hydrogens is 286 g/mol. The monoisotopic (exact) mass is 307 g/mol. The van der Waals surface area contributed by atoms with E-state index in [2.05, 4.69) is 17.2 Å². The fourth-order valence-electron chi connectivity index (χ4n) is 2.42. The van der Waals surface area contributed by atoms with Crippen LogP contribution in [0.15, 0.2) is 54.7 Å². The van der Waals surface area contributed by atoms with Crippen molar-refractivity contribution in [3.05, 3.63) is 60.3 Å². The lowest BCUT2D eigenvalue weighted by Crippen LogP contribution is -2.04. The van der Waals surface area contributed by atoms with Crippen LogP contribution in [0.4, 0.5) is 11.4 Å². The van der Waals surface area contributed by atoms with Gasteiger partial charge in [0.1, 0.15) is 12.4 Å². The van der Waals surface area contributed by atoms with Crippen molar-refractivity contribution >= 4 is 22.3 Å². The Morgan fingerprint density at radius 1 is 1.13 bits per heavy atom. The molecule has 0 radical (unpaired) electrons. The molecule has 1 aromatic heterocycles. The third-order valence-corrected chi connectivity index (χ3v) is 3.69. The number of nitrogens with zero attached hydrogens (tertiary/aromatic N) is 1. The number of anilines is 2. The van der Waals surface area contributed by atoms with Crippen LogP contribution in [0, 0.1) is 0 Å². The Balaban J connectivity index is 1.83. The first-order chi connectivity index (χ1) is 11.3. The Labute approximate surface area is 136 Å². The first-order valence-corrected chi connectivity index (χ1v) is 7.86. The molecule has 1 heterocycles. The largest absolute Gasteiger partial charge is 0.489 e. The molecule has 3 N–H and O–H groups in total. The molecule has 2 aromatic carbocycles. The van der Waals surface area contributed by atoms with Crippen LogP contribution < -0.4 is 15.8 Å². The molecule has 0 aliphatic carbocycles. The van der Waals surface area contributed by atoms with Crippen molar-refractivity contribution in [2.75, 3.05) is 17.6 Å². The van der Waals surface area contributed by atoms with Gasteiger partial charge in [0.25, 0.3) is 0 Å². The van der Waals surface area contributed by atoms with Gasteiger partial charge in [-0.25, -0.2) is 0 Å². The minimum Gasteiger partial charge on any atom is -0.489 e. The molecular formula is C19H21N3O. The van der Waals surface area contributed by atoms with Gasteiger partial charge in [0.2, 0.25) is 0 Å². The van der Waals surface area contributed by atoms with Gasteiger partial charge in [-0.1, -0.05) is 37.3 Å². The molecule has 0 aliphatic heterocycles. The zero-order valence-corrected chi connectivity index (χ0v) is 13.3. The maximum Gasteiger partial charge on any atom is 0.120 e. The van der Waals surface area contributed by atoms with Gasteiger partial charge in [0.15, 0.2) is 0 Å². The molecule has 118 valence electrons. The summed E-state index contributed by atoms with van der Waals surface area (Å²) in [6.45, 7) is 3.53. The number of rotatable bonds is 6. The Kier molecular flexibility index (Phi) is 4.62. The summed E-state index contributed by atoms with van der Waals surface area (Å²) in [5.74, 6) is 0.794. The fourth-order valence-corrected chi connectivity index (χ4v) is 2.42. The molecule has 3 aromatic rings. The number of fused-ring (bicyclic) bond motifs is 1. The van der Waals surface area contributed by atoms with E-state index < -0.39 is 0 Å². The first kappa shape index (κ1) is 15.2. The van der Waals surface area contributed by atoms with Crippen LogP contribution in [0.3, 0.4) is 0 Å². The van der Waals surface area contributed by atoms with Crippen LogP contribution in [0.2, 0.25) is 0 Å². The van der Waals surface area contributed by atoms with Crippen LogP contribution in [0.1, 0.15) is 18.9 Å². The normalized spacial score (nSPS) is 10.7. The number of benzene rings is 2. The van der Waals surface area contributed by atoms with Gasteiger partial charge >= 0.3 is 0 Å². The summed E-state index contributed by atoms with van der Waals surface area (Å²) in [6, 6.07) is 15.9. The predicted octanol–water partition coefficient (Wildman–Crippen LogP) is 4.22. The molecule has 3 rings (SSSR count). The number of hydrogen-bond donors (Lipinski definition) is 2. The average molecular weight is 307 g/mol. The van der Waals surface area contributed by atoms with Crippen molar-refractivity contribution < 1.29 is 4.74 Å². The standard InChI is InChI=1S/C19H21N3O/c1-2-10-21-18-12-22-17-9-8-15(11-16(17)19(18)20)23-13-14-6-4-3-5-7-14/h3-9,11-12,21H,2,10,13H2,1H3,(H2,20,22). The molecule has 23 heavy (non-hydrogen) atoms. The van der Waals surface area contributed by atoms with Crippen LogP contribution in [0.25, 0.3) is 10.9 Å². The highest BCUT2D eigenvalue weighted by atomic mass is 16.5. The molecule has 0 aliphatic rings. The van der Waals surface area contributed by atoms with E-state index in [1.165, 1.54) is 0 Å². The smallest absolute Gasteiger partial charge is 0.120 e. The van der Waals surface area contributed by atoms with E-state index in [0.29, 0.717) is 12.3 Å². The van der Waals surface area contributed by atoms with E-state index in [0.717, 1.165) is 40.9 Å². The lowest BCUT2D eigenvalue weighted by Gasteiger charge is -2.12. The highest BCUT2D eigenvalue weighted by Crippen LogP contribution is 2.30. The Hall–Kier alpha value is -2.75. The van der Waals surface area contributed by atoms with E-state index in [-0.39, 0.29) is 0 Å². The third kappa shape index (κ3) is 3.54. The van der Waals surface area contributed by atoms with Crippen molar-refractivity contribution in [3.8, 4) is 5.75 Å². The molecule has 0 unspecified atom stereocenters. The molecule has 4 heteroatoms. The minimum absolute atomic E-state index is 0.535. The highest BCUT2D eigenvalue weighted by Gasteiger charge is 2.07. The maximum atomic E-state index is 6.28. The maximum absolute atomic E-state index is 6.28. The summed E-state index contributed by atoms with van der Waals surface area (Å²) < 4.78 is 5.87. The van der Waals surface area contributed by atoms with Crippen LogP contribution in [-0.2, 0) is 6.61 Å². The third-order valence-electron chi connectivity index (χ3n) is 3.69. The number of hydrogen-bond acceptors (Lipinski definition) is 4. The molecule has 0 amide bonds. The van der Waals surface area contributed by atoms with E-state index in [1.807, 2.05) is 48.5 Å². The van der Waals surface area contributed by atoms with E-state index in [1.54, 1.807) is 6.20 Å². The van der Waals surface area contributed by atoms with Crippen molar-refractivity contribution in [2.45, 2.75) is 20.0 Å². The minimum atomic E-state index is 0.535. The Morgan fingerprint density at radius 2 is 1.96 bits per heavy atom. The zero-order chi connectivity index (χ0) is 16.1. The van der Waals surface area contributed by atoms with Crippen LogP contribution in [-0.4, -0.2) is 11.5 Å². The molecule has 0 saturated heterocycles. The van der Waals surface area contributed by atoms with Gasteiger partial charge in [-0.15, -0.1) is 0 Å². The van der Waals surface area contributed by atoms with Gasteiger partial charge in [0.05, 0.1) is 23.1 Å². The molecule has 0 saturated carbocycles. The summed E-state index contributed by atoms with van der Waals surface area (Å²) >= 11 is 0. The molecule has 0 atom stereocenters. The number of nitrogens with one attached hydrogen (secondary N) is 1. The first-order valence-electron chi connectivity index (χ1n) is 7.86. The lowest BCUT2D eigenvalue weighted by atomic mass is 10.1. The van der Waals surface area contributed by atoms with E-state index >= 15 is 0 Å². The molecule has 0 fully saturated rings. The molecule has 0 bridgehead atoms. The summed E-state index contributed by atoms with van der Waals surface area (Å²) in [6.07, 6.45) is 2.83. The van der Waals surface area contributed by atoms with Crippen molar-refractivity contribution in [1.82, 2.24) is 4.98 Å². The van der Waals surface area contributed by atoms with Crippen molar-refractivity contribution in [2.24, 2.45) is 0 Å². The zero-order valence-electron chi connectivity index (χ0n) is 13.3. The number of nitrogen functional groups attached to an aromatic ring is 1. The fraction of sp³-hybridized carbons (Fsp3) is 0.211. The van der Waals surface area contributed by atoms with Gasteiger partial charge in [-0.05, 0) is 30.2 Å². The van der Waals surface area contributed by atoms with Crippen molar-refractivity contribution in [3.63, 3.8) is 0 Å². The second-order valence-electron chi connectivity index (χ2n) is 5.47. The summed E-state index contributed by atoms with van der Waals surface area (Å²) in [4.78, 5) is 4.46. The SMILES string of the molecule is CCCNc1cnc2ccc(OCc3ccccc3)cc2c1N. The second kappa shape index (κ2) is 7.01. The highest BCUT2D eigenvalue weighted by molar-refractivity contribution is 5.96. The summed E-state index contributed by atoms with van der Waals surface area (Å²) in [7, 11) is 0. The summed E-state index contributed by atoms with van der Waals surface area (Å²) in [5, 5.41) is 4.22. The number of aromatic nitrogens is 1. The average Bonchev–Trinajstić information content (AvgIpc) is 2.60. The van der Waals surface area contributed by atoms with Gasteiger partial charge < -0.3 is 15.8 Å². The summed E-state index contributed by atoms with van der Waals surface area (Å²) in [5.41, 5.74) is 9.88. The quantitative estimate of drug-likeness (QED) is 0.716. The van der Waals surface area contributed by atoms with E-state index in [9.17, 15) is 0 Å². The molecule has 4 nitrogen and oxygen atoms in total. The Morgan fingerprint density at radius 3 is 2.74 bits per heavy atom. The number of pyridine rings is 1. The van der Waals surface area contributed by atoms with Gasteiger partial charge in [-0.3, -0.25) is 4.98 Å². The van der Waals surface area contributed by atoms with Gasteiger partial charge in [0, 0.05) is 11.9 Å². The molecule has 0 spiro atoms. The van der Waals surface area contributed by atoms with Crippen LogP contribution >= 0.6 is 0 Å². The van der Waals surface area contributed by atoms with Gasteiger partial charge in [-0.2, -0.15) is 0 Å². The lowest BCUT2D eigenvalue weighted by molar-refractivity contribution is 0.306. The topological polar surface area (TPSA) is 60.2 Å². The Bertz CT molecular complexity index is 787. The van der Waals surface area contributed by atoms with Crippen LogP contribution in [0.5, 0.6) is 5.75 Å². The van der Waals surface area contributed by atoms with E-state index in [4.69, 9.17) is 10.5 Å². The second-order valence-corrected chi connectivity index (χ2v) is 5.47. The van der Waals surface area contributed by atoms with Crippen molar-refractivity contribution in [1.29, 1.82) is 0 Å².